The second-order valence-corrected chi connectivity index (χ2v) is 4.37. The predicted molar refractivity (Wildman–Crippen MR) is 70.5 cm³/mol. The van der Waals surface area contributed by atoms with Gasteiger partial charge in [0.05, 0.1) is 11.3 Å². The summed E-state index contributed by atoms with van der Waals surface area (Å²) in [5.74, 6) is 0.763. The lowest BCUT2D eigenvalue weighted by Crippen LogP contribution is -2.10. The van der Waals surface area contributed by atoms with Crippen LogP contribution in [0.4, 0.5) is 10.2 Å². The summed E-state index contributed by atoms with van der Waals surface area (Å²) in [5, 5.41) is 0. The summed E-state index contributed by atoms with van der Waals surface area (Å²) in [6.07, 6.45) is 6.69. The fourth-order valence-electron chi connectivity index (χ4n) is 1.81. The largest absolute Gasteiger partial charge is 0.363 e. The normalized spacial score (nSPS) is 10.9. The molecule has 0 saturated heterocycles. The first-order valence-corrected chi connectivity index (χ1v) is 5.78. The summed E-state index contributed by atoms with van der Waals surface area (Å²) >= 11 is 0. The van der Waals surface area contributed by atoms with Crippen molar-refractivity contribution in [3.63, 3.8) is 0 Å². The van der Waals surface area contributed by atoms with Crippen LogP contribution >= 0.6 is 0 Å². The van der Waals surface area contributed by atoms with E-state index in [0.29, 0.717) is 22.9 Å². The van der Waals surface area contributed by atoms with Crippen molar-refractivity contribution in [3.05, 3.63) is 42.7 Å². The first-order chi connectivity index (χ1) is 9.15. The van der Waals surface area contributed by atoms with Gasteiger partial charge >= 0.3 is 0 Å². The van der Waals surface area contributed by atoms with Gasteiger partial charge in [-0.15, -0.1) is 0 Å². The molecule has 0 fully saturated rings. The van der Waals surface area contributed by atoms with Gasteiger partial charge < -0.3 is 4.90 Å². The van der Waals surface area contributed by atoms with E-state index in [2.05, 4.69) is 15.0 Å². The molecule has 0 aliphatic heterocycles. The van der Waals surface area contributed by atoms with Gasteiger partial charge in [-0.05, 0) is 6.07 Å². The van der Waals surface area contributed by atoms with Gasteiger partial charge in [-0.3, -0.25) is 4.40 Å². The lowest BCUT2D eigenvalue weighted by Gasteiger charge is -2.11. The molecule has 19 heavy (non-hydrogen) atoms. The highest BCUT2D eigenvalue weighted by molar-refractivity contribution is 5.62. The van der Waals surface area contributed by atoms with E-state index >= 15 is 0 Å². The van der Waals surface area contributed by atoms with Crippen molar-refractivity contribution in [3.8, 4) is 11.3 Å². The highest BCUT2D eigenvalue weighted by Gasteiger charge is 2.12. The third kappa shape index (κ3) is 2.01. The van der Waals surface area contributed by atoms with Crippen molar-refractivity contribution in [2.75, 3.05) is 19.0 Å². The van der Waals surface area contributed by atoms with Crippen LogP contribution in [0.15, 0.2) is 36.9 Å². The van der Waals surface area contributed by atoms with Crippen molar-refractivity contribution < 1.29 is 4.39 Å². The van der Waals surface area contributed by atoms with E-state index in [1.165, 1.54) is 12.3 Å². The molecule has 3 aromatic heterocycles. The van der Waals surface area contributed by atoms with Crippen LogP contribution in [0.2, 0.25) is 0 Å². The number of halogens is 1. The van der Waals surface area contributed by atoms with Crippen molar-refractivity contribution in [2.45, 2.75) is 0 Å². The quantitative estimate of drug-likeness (QED) is 0.704. The monoisotopic (exact) mass is 257 g/mol. The number of hydrogen-bond acceptors (Lipinski definition) is 4. The Hall–Kier alpha value is -2.50. The van der Waals surface area contributed by atoms with Gasteiger partial charge in [0, 0.05) is 44.9 Å². The van der Waals surface area contributed by atoms with E-state index in [-0.39, 0.29) is 5.82 Å². The van der Waals surface area contributed by atoms with E-state index in [9.17, 15) is 4.39 Å². The smallest absolute Gasteiger partial charge is 0.234 e. The maximum Gasteiger partial charge on any atom is 0.234 e. The van der Waals surface area contributed by atoms with Crippen molar-refractivity contribution in [1.29, 1.82) is 0 Å². The molecule has 0 amide bonds. The van der Waals surface area contributed by atoms with E-state index in [4.69, 9.17) is 0 Å². The zero-order chi connectivity index (χ0) is 13.4. The molecule has 96 valence electrons. The second kappa shape index (κ2) is 4.31. The molecule has 6 heteroatoms. The Morgan fingerprint density at radius 3 is 2.79 bits per heavy atom. The summed E-state index contributed by atoms with van der Waals surface area (Å²) < 4.78 is 15.8. The fourth-order valence-corrected chi connectivity index (χ4v) is 1.81. The Morgan fingerprint density at radius 2 is 2.11 bits per heavy atom. The summed E-state index contributed by atoms with van der Waals surface area (Å²) in [7, 11) is 3.63. The molecule has 0 radical (unpaired) electrons. The van der Waals surface area contributed by atoms with Gasteiger partial charge in [0.25, 0.3) is 0 Å². The molecule has 0 aliphatic carbocycles. The van der Waals surface area contributed by atoms with Crippen LogP contribution in [0, 0.1) is 5.82 Å². The van der Waals surface area contributed by atoms with Gasteiger partial charge in [0.15, 0.2) is 0 Å². The number of anilines is 1. The minimum Gasteiger partial charge on any atom is -0.363 e. The Balaban J connectivity index is 2.11. The van der Waals surface area contributed by atoms with E-state index in [1.54, 1.807) is 27.8 Å². The third-order valence-corrected chi connectivity index (χ3v) is 2.81. The average molecular weight is 257 g/mol. The number of fused-ring (bicyclic) bond motifs is 1. The fraction of sp³-hybridized carbons (Fsp3) is 0.154. The summed E-state index contributed by atoms with van der Waals surface area (Å²) in [5.41, 5.74) is 0.894. The molecule has 3 heterocycles. The molecule has 0 aliphatic rings. The van der Waals surface area contributed by atoms with Crippen LogP contribution in [0.5, 0.6) is 0 Å². The number of rotatable bonds is 2. The zero-order valence-electron chi connectivity index (χ0n) is 10.6. The Labute approximate surface area is 109 Å². The number of hydrogen-bond donors (Lipinski definition) is 0. The summed E-state index contributed by atoms with van der Waals surface area (Å²) in [6.45, 7) is 0. The van der Waals surface area contributed by atoms with Gasteiger partial charge in [-0.2, -0.15) is 0 Å². The molecule has 0 N–H and O–H groups in total. The molecule has 3 aromatic rings. The molecular formula is C13H12FN5. The van der Waals surface area contributed by atoms with Crippen molar-refractivity contribution >= 4 is 11.6 Å². The minimum atomic E-state index is -0.345. The number of nitrogens with zero attached hydrogens (tertiary/aromatic N) is 5. The van der Waals surface area contributed by atoms with Gasteiger partial charge in [-0.25, -0.2) is 19.3 Å². The average Bonchev–Trinajstić information content (AvgIpc) is 2.81. The van der Waals surface area contributed by atoms with Gasteiger partial charge in [0.2, 0.25) is 5.78 Å². The minimum absolute atomic E-state index is 0.345. The highest BCUT2D eigenvalue weighted by atomic mass is 19.1. The summed E-state index contributed by atoms with van der Waals surface area (Å²) in [6, 6.07) is 3.19. The lowest BCUT2D eigenvalue weighted by atomic mass is 10.2. The molecule has 0 bridgehead atoms. The molecule has 0 unspecified atom stereocenters. The van der Waals surface area contributed by atoms with Crippen molar-refractivity contribution in [1.82, 2.24) is 19.4 Å². The van der Waals surface area contributed by atoms with E-state index in [0.717, 1.165) is 0 Å². The highest BCUT2D eigenvalue weighted by Crippen LogP contribution is 2.23. The molecule has 0 spiro atoms. The first-order valence-electron chi connectivity index (χ1n) is 5.78. The topological polar surface area (TPSA) is 46.3 Å². The molecule has 0 atom stereocenters. The van der Waals surface area contributed by atoms with Crippen molar-refractivity contribution in [2.24, 2.45) is 0 Å². The Morgan fingerprint density at radius 1 is 1.26 bits per heavy atom. The maximum absolute atomic E-state index is 14.1. The third-order valence-electron chi connectivity index (χ3n) is 2.81. The Kier molecular flexibility index (Phi) is 2.63. The first kappa shape index (κ1) is 11.6. The van der Waals surface area contributed by atoms with E-state index in [1.807, 2.05) is 20.3 Å². The molecular weight excluding hydrogens is 245 g/mol. The molecule has 0 aromatic carbocycles. The standard InChI is InChI=1S/C13H12FN5/c1-18(2)12-6-10(14)9(7-16-12)11-8-19-5-3-4-15-13(19)17-11/h3-8H,1-2H3. The number of pyridine rings is 1. The van der Waals surface area contributed by atoms with E-state index < -0.39 is 0 Å². The number of imidazole rings is 1. The summed E-state index contributed by atoms with van der Waals surface area (Å²) in [4.78, 5) is 14.3. The number of aromatic nitrogens is 4. The maximum atomic E-state index is 14.1. The molecule has 5 nitrogen and oxygen atoms in total. The zero-order valence-corrected chi connectivity index (χ0v) is 10.6. The Bertz CT molecular complexity index is 702. The molecule has 3 rings (SSSR count). The molecule has 0 saturated carbocycles. The second-order valence-electron chi connectivity index (χ2n) is 4.37. The predicted octanol–water partition coefficient (Wildman–Crippen LogP) is 2.00. The van der Waals surface area contributed by atoms with Crippen LogP contribution in [0.3, 0.4) is 0 Å². The lowest BCUT2D eigenvalue weighted by molar-refractivity contribution is 0.628. The van der Waals surface area contributed by atoms with Crippen LogP contribution < -0.4 is 4.90 Å². The van der Waals surface area contributed by atoms with Gasteiger partial charge in [0.1, 0.15) is 11.6 Å². The SMILES string of the molecule is CN(C)c1cc(F)c(-c2cn3cccnc3n2)cn1. The van der Waals surface area contributed by atoms with Crippen LogP contribution in [0.25, 0.3) is 17.0 Å². The van der Waals surface area contributed by atoms with Crippen LogP contribution in [0.1, 0.15) is 0 Å². The van der Waals surface area contributed by atoms with Crippen LogP contribution in [-0.4, -0.2) is 33.4 Å². The van der Waals surface area contributed by atoms with Crippen LogP contribution in [-0.2, 0) is 0 Å². The van der Waals surface area contributed by atoms with Gasteiger partial charge in [-0.1, -0.05) is 0 Å².